The Morgan fingerprint density at radius 1 is 1.14 bits per heavy atom. The van der Waals surface area contributed by atoms with Gasteiger partial charge in [0.05, 0.1) is 5.41 Å². The van der Waals surface area contributed by atoms with Crippen molar-refractivity contribution in [1.29, 1.82) is 0 Å². The molecule has 0 aromatic carbocycles. The quantitative estimate of drug-likeness (QED) is 0.630. The van der Waals surface area contributed by atoms with E-state index in [1.54, 1.807) is 0 Å². The molecule has 21 heavy (non-hydrogen) atoms. The first kappa shape index (κ1) is 18.0. The van der Waals surface area contributed by atoms with Crippen molar-refractivity contribution in [2.24, 2.45) is 10.8 Å². The zero-order valence-corrected chi connectivity index (χ0v) is 13.3. The van der Waals surface area contributed by atoms with Crippen molar-refractivity contribution in [3.05, 3.63) is 0 Å². The summed E-state index contributed by atoms with van der Waals surface area (Å²) in [5.41, 5.74) is -1.06. The predicted molar refractivity (Wildman–Crippen MR) is 80.9 cm³/mol. The molecule has 0 aliphatic heterocycles. The molecule has 0 radical (unpaired) electrons. The monoisotopic (exact) mass is 299 g/mol. The molecule has 1 aliphatic carbocycles. The summed E-state index contributed by atoms with van der Waals surface area (Å²) in [6, 6.07) is 0. The zero-order chi connectivity index (χ0) is 15.9. The first-order valence-corrected chi connectivity index (χ1v) is 7.92. The van der Waals surface area contributed by atoms with Crippen molar-refractivity contribution >= 4 is 11.9 Å². The second kappa shape index (κ2) is 7.78. The summed E-state index contributed by atoms with van der Waals surface area (Å²) in [5, 5.41) is 21.4. The Hall–Kier alpha value is -1.10. The molecular formula is C16H29NO4. The van der Waals surface area contributed by atoms with Crippen LogP contribution in [-0.2, 0) is 9.59 Å². The maximum Gasteiger partial charge on any atom is 0.310 e. The van der Waals surface area contributed by atoms with E-state index >= 15 is 0 Å². The number of carboxylic acid groups (broad SMARTS) is 1. The number of carbonyl (C=O) groups is 2. The number of aliphatic carboxylic acids is 1. The van der Waals surface area contributed by atoms with Crippen LogP contribution in [0, 0.1) is 10.8 Å². The average molecular weight is 299 g/mol. The Labute approximate surface area is 127 Å². The standard InChI is InChI=1S/C16H29NO4/c1-15(2,9-10-18)12-17-13(19)11-16(14(20)21)7-5-3-4-6-8-16/h18H,3-12H2,1-2H3,(H,17,19)(H,20,21). The lowest BCUT2D eigenvalue weighted by atomic mass is 9.77. The fourth-order valence-electron chi connectivity index (χ4n) is 2.97. The van der Waals surface area contributed by atoms with Gasteiger partial charge in [-0.3, -0.25) is 9.59 Å². The minimum Gasteiger partial charge on any atom is -0.481 e. The number of amides is 1. The van der Waals surface area contributed by atoms with Crippen LogP contribution in [0.4, 0.5) is 0 Å². The van der Waals surface area contributed by atoms with Gasteiger partial charge in [-0.05, 0) is 24.7 Å². The Kier molecular flexibility index (Phi) is 6.65. The van der Waals surface area contributed by atoms with Crippen molar-refractivity contribution in [2.75, 3.05) is 13.2 Å². The van der Waals surface area contributed by atoms with Gasteiger partial charge >= 0.3 is 5.97 Å². The molecule has 0 bridgehead atoms. The maximum absolute atomic E-state index is 12.1. The molecule has 1 aliphatic rings. The highest BCUT2D eigenvalue weighted by atomic mass is 16.4. The van der Waals surface area contributed by atoms with Gasteiger partial charge < -0.3 is 15.5 Å². The summed E-state index contributed by atoms with van der Waals surface area (Å²) in [5.74, 6) is -1.03. The van der Waals surface area contributed by atoms with Gasteiger partial charge in [0.2, 0.25) is 5.91 Å². The van der Waals surface area contributed by atoms with E-state index < -0.39 is 11.4 Å². The van der Waals surface area contributed by atoms with E-state index in [2.05, 4.69) is 5.32 Å². The van der Waals surface area contributed by atoms with Gasteiger partial charge in [-0.1, -0.05) is 39.5 Å². The molecule has 0 spiro atoms. The summed E-state index contributed by atoms with van der Waals surface area (Å²) in [6.07, 6.45) is 5.74. The summed E-state index contributed by atoms with van der Waals surface area (Å²) in [4.78, 5) is 23.8. The summed E-state index contributed by atoms with van der Waals surface area (Å²) >= 11 is 0. The normalized spacial score (nSPS) is 18.8. The van der Waals surface area contributed by atoms with E-state index in [-0.39, 0.29) is 24.3 Å². The molecule has 3 N–H and O–H groups in total. The molecule has 1 saturated carbocycles. The van der Waals surface area contributed by atoms with Gasteiger partial charge in [-0.15, -0.1) is 0 Å². The van der Waals surface area contributed by atoms with Crippen LogP contribution in [0.3, 0.4) is 0 Å². The highest BCUT2D eigenvalue weighted by Gasteiger charge is 2.40. The highest BCUT2D eigenvalue weighted by Crippen LogP contribution is 2.38. The van der Waals surface area contributed by atoms with Gasteiger partial charge in [0.1, 0.15) is 0 Å². The molecule has 0 aromatic heterocycles. The Morgan fingerprint density at radius 3 is 2.19 bits per heavy atom. The molecule has 0 atom stereocenters. The fraction of sp³-hybridized carbons (Fsp3) is 0.875. The smallest absolute Gasteiger partial charge is 0.310 e. The molecule has 0 unspecified atom stereocenters. The van der Waals surface area contributed by atoms with Gasteiger partial charge in [0.15, 0.2) is 0 Å². The Bertz CT molecular complexity index is 357. The number of hydrogen-bond acceptors (Lipinski definition) is 3. The fourth-order valence-corrected chi connectivity index (χ4v) is 2.97. The number of carbonyl (C=O) groups excluding carboxylic acids is 1. The number of aliphatic hydroxyl groups is 1. The van der Waals surface area contributed by atoms with E-state index in [0.717, 1.165) is 25.7 Å². The third kappa shape index (κ3) is 5.65. The highest BCUT2D eigenvalue weighted by molar-refractivity contribution is 5.85. The van der Waals surface area contributed by atoms with Crippen molar-refractivity contribution < 1.29 is 19.8 Å². The number of nitrogens with one attached hydrogen (secondary N) is 1. The molecule has 0 saturated heterocycles. The van der Waals surface area contributed by atoms with Crippen molar-refractivity contribution in [3.63, 3.8) is 0 Å². The van der Waals surface area contributed by atoms with Gasteiger partial charge in [-0.2, -0.15) is 0 Å². The SMILES string of the molecule is CC(C)(CCO)CNC(=O)CC1(C(=O)O)CCCCCC1. The zero-order valence-electron chi connectivity index (χ0n) is 13.3. The predicted octanol–water partition coefficient (Wildman–Crippen LogP) is 2.33. The van der Waals surface area contributed by atoms with Crippen LogP contribution in [0.15, 0.2) is 0 Å². The van der Waals surface area contributed by atoms with E-state index in [0.29, 0.717) is 25.8 Å². The molecule has 5 heteroatoms. The third-order valence-electron chi connectivity index (χ3n) is 4.57. The Morgan fingerprint density at radius 2 is 1.71 bits per heavy atom. The van der Waals surface area contributed by atoms with Crippen LogP contribution in [0.25, 0.3) is 0 Å². The molecular weight excluding hydrogens is 270 g/mol. The van der Waals surface area contributed by atoms with Crippen LogP contribution in [-0.4, -0.2) is 35.2 Å². The molecule has 5 nitrogen and oxygen atoms in total. The van der Waals surface area contributed by atoms with Crippen LogP contribution in [0.1, 0.15) is 65.2 Å². The van der Waals surface area contributed by atoms with Gasteiger partial charge in [-0.25, -0.2) is 0 Å². The topological polar surface area (TPSA) is 86.6 Å². The summed E-state index contributed by atoms with van der Waals surface area (Å²) in [7, 11) is 0. The third-order valence-corrected chi connectivity index (χ3v) is 4.57. The average Bonchev–Trinajstić information content (AvgIpc) is 2.63. The van der Waals surface area contributed by atoms with E-state index in [4.69, 9.17) is 5.11 Å². The lowest BCUT2D eigenvalue weighted by Crippen LogP contribution is -2.40. The maximum atomic E-state index is 12.1. The van der Waals surface area contributed by atoms with Gasteiger partial charge in [0.25, 0.3) is 0 Å². The first-order valence-electron chi connectivity index (χ1n) is 7.92. The van der Waals surface area contributed by atoms with Crippen LogP contribution in [0.2, 0.25) is 0 Å². The molecule has 0 aromatic rings. The van der Waals surface area contributed by atoms with Crippen LogP contribution < -0.4 is 5.32 Å². The van der Waals surface area contributed by atoms with Crippen molar-refractivity contribution in [3.8, 4) is 0 Å². The molecule has 1 amide bonds. The first-order chi connectivity index (χ1) is 9.81. The number of hydrogen-bond donors (Lipinski definition) is 3. The lowest BCUT2D eigenvalue weighted by Gasteiger charge is -2.29. The second-order valence-corrected chi connectivity index (χ2v) is 7.09. The number of rotatable bonds is 7. The van der Waals surface area contributed by atoms with E-state index in [9.17, 15) is 14.7 Å². The minimum absolute atomic E-state index is 0.0670. The molecule has 1 rings (SSSR count). The van der Waals surface area contributed by atoms with Crippen LogP contribution >= 0.6 is 0 Å². The van der Waals surface area contributed by atoms with Crippen LogP contribution in [0.5, 0.6) is 0 Å². The largest absolute Gasteiger partial charge is 0.481 e. The second-order valence-electron chi connectivity index (χ2n) is 7.09. The van der Waals surface area contributed by atoms with Crippen molar-refractivity contribution in [1.82, 2.24) is 5.32 Å². The summed E-state index contributed by atoms with van der Waals surface area (Å²) in [6.45, 7) is 4.49. The number of aliphatic hydroxyl groups excluding tert-OH is 1. The molecule has 0 heterocycles. The van der Waals surface area contributed by atoms with E-state index in [1.165, 1.54) is 0 Å². The summed E-state index contributed by atoms with van der Waals surface area (Å²) < 4.78 is 0. The Balaban J connectivity index is 2.59. The van der Waals surface area contributed by atoms with Gasteiger partial charge in [0, 0.05) is 19.6 Å². The van der Waals surface area contributed by atoms with Crippen molar-refractivity contribution in [2.45, 2.75) is 65.2 Å². The minimum atomic E-state index is -0.887. The molecule has 1 fully saturated rings. The lowest BCUT2D eigenvalue weighted by molar-refractivity contribution is -0.153. The van der Waals surface area contributed by atoms with E-state index in [1.807, 2.05) is 13.8 Å². The molecule has 122 valence electrons. The number of carboxylic acids is 1.